The van der Waals surface area contributed by atoms with E-state index in [1.54, 1.807) is 7.11 Å². The fourth-order valence-corrected chi connectivity index (χ4v) is 4.40. The third-order valence-electron chi connectivity index (χ3n) is 6.98. The van der Waals surface area contributed by atoms with Gasteiger partial charge in [-0.1, -0.05) is 49.4 Å². The van der Waals surface area contributed by atoms with Gasteiger partial charge in [-0.3, -0.25) is 14.4 Å². The van der Waals surface area contributed by atoms with Gasteiger partial charge in [0.15, 0.2) is 5.78 Å². The monoisotopic (exact) mass is 493 g/mol. The highest BCUT2D eigenvalue weighted by Gasteiger charge is 2.48. The van der Waals surface area contributed by atoms with Crippen molar-refractivity contribution in [2.45, 2.75) is 50.7 Å². The van der Waals surface area contributed by atoms with Crippen LogP contribution in [0, 0.1) is 5.41 Å². The molecule has 1 aliphatic heterocycles. The molecule has 1 saturated carbocycles. The molecule has 2 fully saturated rings. The molecule has 3 N–H and O–H groups in total. The number of Topliss-reactive ketones (excluding diaryl/α,β-unsaturated/α-hetero) is 1. The van der Waals surface area contributed by atoms with Crippen molar-refractivity contribution in [2.24, 2.45) is 5.41 Å². The fourth-order valence-electron chi connectivity index (χ4n) is 4.40. The molecule has 0 spiro atoms. The predicted octanol–water partition coefficient (Wildman–Crippen LogP) is 1.81. The van der Waals surface area contributed by atoms with Crippen LogP contribution in [0.4, 0.5) is 0 Å². The Morgan fingerprint density at radius 2 is 1.67 bits per heavy atom. The van der Waals surface area contributed by atoms with E-state index in [0.717, 1.165) is 24.0 Å². The van der Waals surface area contributed by atoms with E-state index in [1.807, 2.05) is 61.5 Å². The summed E-state index contributed by atoms with van der Waals surface area (Å²) in [7, 11) is 1.59. The van der Waals surface area contributed by atoms with Crippen LogP contribution in [0.5, 0.6) is 5.75 Å². The quantitative estimate of drug-likeness (QED) is 0.441. The van der Waals surface area contributed by atoms with Crippen LogP contribution in [0.3, 0.4) is 0 Å². The Morgan fingerprint density at radius 3 is 2.28 bits per heavy atom. The van der Waals surface area contributed by atoms with E-state index in [1.165, 1.54) is 0 Å². The van der Waals surface area contributed by atoms with E-state index in [2.05, 4.69) is 16.0 Å². The predicted molar refractivity (Wildman–Crippen MR) is 136 cm³/mol. The van der Waals surface area contributed by atoms with Crippen molar-refractivity contribution >= 4 is 17.6 Å². The third kappa shape index (κ3) is 6.71. The van der Waals surface area contributed by atoms with Gasteiger partial charge in [-0.05, 0) is 42.5 Å². The molecular weight excluding hydrogens is 458 g/mol. The minimum Gasteiger partial charge on any atom is -0.497 e. The summed E-state index contributed by atoms with van der Waals surface area (Å²) < 4.78 is 10.6. The molecular formula is C28H35N3O5. The van der Waals surface area contributed by atoms with E-state index < -0.39 is 23.5 Å². The number of ketones is 1. The summed E-state index contributed by atoms with van der Waals surface area (Å²) in [4.78, 5) is 39.9. The second kappa shape index (κ2) is 11.7. The third-order valence-corrected chi connectivity index (χ3v) is 6.98. The minimum absolute atomic E-state index is 0.0385. The lowest BCUT2D eigenvalue weighted by molar-refractivity contribution is -0.134. The van der Waals surface area contributed by atoms with E-state index in [0.29, 0.717) is 25.3 Å². The molecule has 1 saturated heterocycles. The van der Waals surface area contributed by atoms with Crippen LogP contribution in [-0.2, 0) is 32.0 Å². The maximum atomic E-state index is 13.6. The molecule has 2 aliphatic rings. The molecule has 0 aromatic heterocycles. The topological polar surface area (TPSA) is 106 Å². The van der Waals surface area contributed by atoms with Crippen molar-refractivity contribution in [1.29, 1.82) is 0 Å². The molecule has 0 bridgehead atoms. The average Bonchev–Trinajstić information content (AvgIpc) is 3.67. The van der Waals surface area contributed by atoms with Gasteiger partial charge in [0.1, 0.15) is 17.8 Å². The number of amides is 2. The lowest BCUT2D eigenvalue weighted by Crippen LogP contribution is -2.58. The Bertz CT molecular complexity index is 1050. The first kappa shape index (κ1) is 25.9. The number of carbonyl (C=O) groups excluding carboxylic acids is 3. The van der Waals surface area contributed by atoms with E-state index in [-0.39, 0.29) is 30.6 Å². The molecule has 4 rings (SSSR count). The number of ether oxygens (including phenoxy) is 2. The standard InChI is InChI=1S/C28H35N3O5/c1-28(12-13-28)25(32)22(16-19-6-4-3-5-7-19)30-26(33)23(17-20-8-10-21(35-2)11-9-20)31-27(34)24-18-36-15-14-29-24/h3-11,22-24,29H,12-18H2,1-2H3,(H,30,33)(H,31,34). The summed E-state index contributed by atoms with van der Waals surface area (Å²) >= 11 is 0. The van der Waals surface area contributed by atoms with Crippen molar-refractivity contribution < 1.29 is 23.9 Å². The summed E-state index contributed by atoms with van der Waals surface area (Å²) in [5.41, 5.74) is 1.44. The van der Waals surface area contributed by atoms with Crippen LogP contribution in [0.25, 0.3) is 0 Å². The van der Waals surface area contributed by atoms with Crippen LogP contribution in [-0.4, -0.2) is 62.6 Å². The molecule has 192 valence electrons. The maximum Gasteiger partial charge on any atom is 0.243 e. The van der Waals surface area contributed by atoms with Crippen LogP contribution in [0.15, 0.2) is 54.6 Å². The number of rotatable bonds is 11. The normalized spacial score (nSPS) is 20.0. The minimum atomic E-state index is -0.854. The molecule has 8 nitrogen and oxygen atoms in total. The Morgan fingerprint density at radius 1 is 1.00 bits per heavy atom. The van der Waals surface area contributed by atoms with Crippen LogP contribution in [0.2, 0.25) is 0 Å². The highest BCUT2D eigenvalue weighted by Crippen LogP contribution is 2.46. The van der Waals surface area contributed by atoms with Crippen molar-refractivity contribution in [3.8, 4) is 5.75 Å². The van der Waals surface area contributed by atoms with Gasteiger partial charge in [0, 0.05) is 18.4 Å². The van der Waals surface area contributed by atoms with E-state index in [9.17, 15) is 14.4 Å². The Balaban J connectivity index is 1.52. The van der Waals surface area contributed by atoms with Gasteiger partial charge in [0.2, 0.25) is 11.8 Å². The highest BCUT2D eigenvalue weighted by atomic mass is 16.5. The summed E-state index contributed by atoms with van der Waals surface area (Å²) in [5.74, 6) is 0.0630. The van der Waals surface area contributed by atoms with Gasteiger partial charge in [0.05, 0.1) is 26.4 Å². The molecule has 3 unspecified atom stereocenters. The summed E-state index contributed by atoms with van der Waals surface area (Å²) in [5, 5.41) is 9.00. The molecule has 2 amide bonds. The van der Waals surface area contributed by atoms with E-state index in [4.69, 9.17) is 9.47 Å². The van der Waals surface area contributed by atoms with Crippen molar-refractivity contribution in [3.63, 3.8) is 0 Å². The molecule has 2 aromatic carbocycles. The van der Waals surface area contributed by atoms with Crippen molar-refractivity contribution in [1.82, 2.24) is 16.0 Å². The van der Waals surface area contributed by atoms with E-state index >= 15 is 0 Å². The molecule has 36 heavy (non-hydrogen) atoms. The number of methoxy groups -OCH3 is 1. The largest absolute Gasteiger partial charge is 0.497 e. The lowest BCUT2D eigenvalue weighted by Gasteiger charge is -2.28. The number of nitrogens with one attached hydrogen (secondary N) is 3. The van der Waals surface area contributed by atoms with Gasteiger partial charge < -0.3 is 25.4 Å². The average molecular weight is 494 g/mol. The maximum absolute atomic E-state index is 13.6. The van der Waals surface area contributed by atoms with Crippen molar-refractivity contribution in [2.75, 3.05) is 26.9 Å². The molecule has 8 heteroatoms. The Labute approximate surface area is 212 Å². The number of morpholine rings is 1. The zero-order valence-electron chi connectivity index (χ0n) is 20.9. The zero-order chi connectivity index (χ0) is 25.5. The highest BCUT2D eigenvalue weighted by molar-refractivity contribution is 5.97. The fraction of sp³-hybridized carbons (Fsp3) is 0.464. The summed E-state index contributed by atoms with van der Waals surface area (Å²) in [6, 6.07) is 15.0. The van der Waals surface area contributed by atoms with Gasteiger partial charge >= 0.3 is 0 Å². The first-order valence-corrected chi connectivity index (χ1v) is 12.5. The second-order valence-electron chi connectivity index (χ2n) is 9.87. The first-order chi connectivity index (χ1) is 17.4. The second-order valence-corrected chi connectivity index (χ2v) is 9.87. The Hall–Kier alpha value is -3.23. The van der Waals surface area contributed by atoms with Gasteiger partial charge in [0.25, 0.3) is 0 Å². The number of hydrogen-bond acceptors (Lipinski definition) is 6. The number of carbonyl (C=O) groups is 3. The molecule has 0 radical (unpaired) electrons. The molecule has 1 aliphatic carbocycles. The van der Waals surface area contributed by atoms with Crippen LogP contribution in [0.1, 0.15) is 30.9 Å². The summed E-state index contributed by atoms with van der Waals surface area (Å²) in [6.07, 6.45) is 2.33. The molecule has 3 atom stereocenters. The van der Waals surface area contributed by atoms with Gasteiger partial charge in [-0.25, -0.2) is 0 Å². The lowest BCUT2D eigenvalue weighted by atomic mass is 9.92. The molecule has 1 heterocycles. The van der Waals surface area contributed by atoms with Crippen molar-refractivity contribution in [3.05, 3.63) is 65.7 Å². The van der Waals surface area contributed by atoms with Gasteiger partial charge in [-0.2, -0.15) is 0 Å². The number of hydrogen-bond donors (Lipinski definition) is 3. The first-order valence-electron chi connectivity index (χ1n) is 12.5. The summed E-state index contributed by atoms with van der Waals surface area (Å²) in [6.45, 7) is 3.31. The number of benzene rings is 2. The van der Waals surface area contributed by atoms with Crippen LogP contribution < -0.4 is 20.7 Å². The zero-order valence-corrected chi connectivity index (χ0v) is 20.9. The molecule has 2 aromatic rings. The van der Waals surface area contributed by atoms with Gasteiger partial charge in [-0.15, -0.1) is 0 Å². The van der Waals surface area contributed by atoms with Crippen LogP contribution >= 0.6 is 0 Å². The SMILES string of the molecule is COc1ccc(CC(NC(=O)C2COCCN2)C(=O)NC(Cc2ccccc2)C(=O)C2(C)CC2)cc1. The Kier molecular flexibility index (Phi) is 8.38. The smallest absolute Gasteiger partial charge is 0.243 e.